The zero-order valence-electron chi connectivity index (χ0n) is 7.17. The van der Waals surface area contributed by atoms with Crippen LogP contribution >= 0.6 is 11.3 Å². The first kappa shape index (κ1) is 8.51. The largest absolute Gasteiger partial charge is 0.499 e. The van der Waals surface area contributed by atoms with E-state index in [0.717, 1.165) is 28.7 Å². The molecular formula is C10H9FOS. The molecule has 0 amide bonds. The monoisotopic (exact) mass is 196 g/mol. The predicted octanol–water partition coefficient (Wildman–Crippen LogP) is 3.31. The standard InChI is InChI=1S/C10H9FOS/c1-2-6-7-4-3-5-8(11)9(7)13-10(6)12/h3-5,12H,2H2,1H3. The molecule has 1 N–H and O–H groups in total. The number of thiophene rings is 1. The lowest BCUT2D eigenvalue weighted by Crippen LogP contribution is -1.77. The average molecular weight is 196 g/mol. The van der Waals surface area contributed by atoms with Gasteiger partial charge in [0.2, 0.25) is 0 Å². The van der Waals surface area contributed by atoms with E-state index in [1.165, 1.54) is 6.07 Å². The molecule has 0 unspecified atom stereocenters. The molecule has 0 fully saturated rings. The molecule has 2 aromatic rings. The molecule has 1 heterocycles. The molecule has 68 valence electrons. The number of fused-ring (bicyclic) bond motifs is 1. The molecule has 13 heavy (non-hydrogen) atoms. The molecule has 0 spiro atoms. The van der Waals surface area contributed by atoms with Crippen LogP contribution in [0.3, 0.4) is 0 Å². The maximum atomic E-state index is 13.2. The Kier molecular flexibility index (Phi) is 1.96. The van der Waals surface area contributed by atoms with E-state index in [2.05, 4.69) is 0 Å². The number of halogens is 1. The minimum atomic E-state index is -0.252. The molecule has 3 heteroatoms. The number of hydrogen-bond acceptors (Lipinski definition) is 2. The van der Waals surface area contributed by atoms with E-state index in [0.29, 0.717) is 4.70 Å². The van der Waals surface area contributed by atoms with Gasteiger partial charge in [-0.25, -0.2) is 4.39 Å². The Morgan fingerprint density at radius 2 is 2.23 bits per heavy atom. The predicted molar refractivity (Wildman–Crippen MR) is 52.8 cm³/mol. The maximum absolute atomic E-state index is 13.2. The van der Waals surface area contributed by atoms with Gasteiger partial charge < -0.3 is 5.11 Å². The minimum Gasteiger partial charge on any atom is -0.499 e. The Hall–Kier alpha value is -1.09. The molecule has 0 radical (unpaired) electrons. The van der Waals surface area contributed by atoms with Crippen LogP contribution < -0.4 is 0 Å². The van der Waals surface area contributed by atoms with Gasteiger partial charge in [-0.2, -0.15) is 0 Å². The first-order valence-electron chi connectivity index (χ1n) is 4.13. The van der Waals surface area contributed by atoms with Crippen molar-refractivity contribution in [3.8, 4) is 5.06 Å². The van der Waals surface area contributed by atoms with Crippen LogP contribution in [0.1, 0.15) is 12.5 Å². The molecule has 0 saturated heterocycles. The molecule has 0 aliphatic rings. The van der Waals surface area contributed by atoms with Gasteiger partial charge in [-0.15, -0.1) is 0 Å². The van der Waals surface area contributed by atoms with Gasteiger partial charge in [0.25, 0.3) is 0 Å². The average Bonchev–Trinajstić information content (AvgIpc) is 2.43. The molecule has 1 aromatic heterocycles. The van der Waals surface area contributed by atoms with Crippen molar-refractivity contribution in [3.05, 3.63) is 29.6 Å². The van der Waals surface area contributed by atoms with Gasteiger partial charge in [0.05, 0.1) is 4.70 Å². The highest BCUT2D eigenvalue weighted by molar-refractivity contribution is 7.20. The summed E-state index contributed by atoms with van der Waals surface area (Å²) in [4.78, 5) is 0. The van der Waals surface area contributed by atoms with E-state index < -0.39 is 0 Å². The summed E-state index contributed by atoms with van der Waals surface area (Å²) in [5.41, 5.74) is 0.847. The summed E-state index contributed by atoms with van der Waals surface area (Å²) in [5, 5.41) is 10.6. The topological polar surface area (TPSA) is 20.2 Å². The van der Waals surface area contributed by atoms with Crippen LogP contribution in [-0.4, -0.2) is 5.11 Å². The van der Waals surface area contributed by atoms with Gasteiger partial charge in [0.1, 0.15) is 5.82 Å². The third kappa shape index (κ3) is 1.20. The van der Waals surface area contributed by atoms with Crippen LogP contribution in [0.25, 0.3) is 10.1 Å². The Balaban J connectivity index is 2.86. The van der Waals surface area contributed by atoms with Crippen molar-refractivity contribution in [1.82, 2.24) is 0 Å². The van der Waals surface area contributed by atoms with E-state index >= 15 is 0 Å². The smallest absolute Gasteiger partial charge is 0.175 e. The number of hydrogen-bond donors (Lipinski definition) is 1. The van der Waals surface area contributed by atoms with Crippen molar-refractivity contribution >= 4 is 21.4 Å². The van der Waals surface area contributed by atoms with E-state index in [-0.39, 0.29) is 10.9 Å². The third-order valence-electron chi connectivity index (χ3n) is 2.10. The second-order valence-corrected chi connectivity index (χ2v) is 3.85. The molecule has 1 aromatic carbocycles. The first-order valence-corrected chi connectivity index (χ1v) is 4.94. The Labute approximate surface area is 79.4 Å². The van der Waals surface area contributed by atoms with Crippen LogP contribution in [-0.2, 0) is 6.42 Å². The maximum Gasteiger partial charge on any atom is 0.175 e. The summed E-state index contributed by atoms with van der Waals surface area (Å²) >= 11 is 1.11. The molecule has 0 atom stereocenters. The van der Waals surface area contributed by atoms with Gasteiger partial charge in [0.15, 0.2) is 5.06 Å². The van der Waals surface area contributed by atoms with Crippen LogP contribution in [0.4, 0.5) is 4.39 Å². The summed E-state index contributed by atoms with van der Waals surface area (Å²) in [6, 6.07) is 4.92. The van der Waals surface area contributed by atoms with Crippen molar-refractivity contribution in [2.24, 2.45) is 0 Å². The van der Waals surface area contributed by atoms with Crippen molar-refractivity contribution in [2.75, 3.05) is 0 Å². The van der Waals surface area contributed by atoms with E-state index in [9.17, 15) is 9.50 Å². The summed E-state index contributed by atoms with van der Waals surface area (Å²) in [6.45, 7) is 1.95. The first-order chi connectivity index (χ1) is 6.24. The molecule has 0 aliphatic heterocycles. The van der Waals surface area contributed by atoms with E-state index in [1.54, 1.807) is 6.07 Å². The Morgan fingerprint density at radius 1 is 1.46 bits per heavy atom. The number of aromatic hydroxyl groups is 1. The fourth-order valence-corrected chi connectivity index (χ4v) is 2.50. The second kappa shape index (κ2) is 3.00. The Bertz CT molecular complexity index is 447. The second-order valence-electron chi connectivity index (χ2n) is 2.86. The molecular weight excluding hydrogens is 187 g/mol. The van der Waals surface area contributed by atoms with Crippen LogP contribution in [0.15, 0.2) is 18.2 Å². The van der Waals surface area contributed by atoms with Gasteiger partial charge in [0, 0.05) is 10.9 Å². The zero-order valence-corrected chi connectivity index (χ0v) is 7.99. The molecule has 1 nitrogen and oxygen atoms in total. The van der Waals surface area contributed by atoms with Crippen molar-refractivity contribution in [3.63, 3.8) is 0 Å². The van der Waals surface area contributed by atoms with Crippen molar-refractivity contribution in [2.45, 2.75) is 13.3 Å². The highest BCUT2D eigenvalue weighted by atomic mass is 32.1. The van der Waals surface area contributed by atoms with Crippen LogP contribution in [0, 0.1) is 5.82 Å². The lowest BCUT2D eigenvalue weighted by Gasteiger charge is -1.94. The minimum absolute atomic E-state index is 0.239. The van der Waals surface area contributed by atoms with Gasteiger partial charge in [-0.05, 0) is 12.5 Å². The zero-order chi connectivity index (χ0) is 9.42. The lowest BCUT2D eigenvalue weighted by molar-refractivity contribution is 0.485. The van der Waals surface area contributed by atoms with Gasteiger partial charge >= 0.3 is 0 Å². The summed E-state index contributed by atoms with van der Waals surface area (Å²) < 4.78 is 13.8. The third-order valence-corrected chi connectivity index (χ3v) is 3.16. The summed E-state index contributed by atoms with van der Waals surface area (Å²) in [5.74, 6) is -0.252. The molecule has 0 saturated carbocycles. The fourth-order valence-electron chi connectivity index (χ4n) is 1.47. The molecule has 0 aliphatic carbocycles. The molecule has 0 bridgehead atoms. The van der Waals surface area contributed by atoms with Gasteiger partial charge in [-0.3, -0.25) is 0 Å². The summed E-state index contributed by atoms with van der Waals surface area (Å²) in [6.07, 6.45) is 0.731. The van der Waals surface area contributed by atoms with Crippen LogP contribution in [0.5, 0.6) is 5.06 Å². The van der Waals surface area contributed by atoms with E-state index in [1.807, 2.05) is 13.0 Å². The normalized spacial score (nSPS) is 10.9. The van der Waals surface area contributed by atoms with Crippen molar-refractivity contribution < 1.29 is 9.50 Å². The Morgan fingerprint density at radius 3 is 2.92 bits per heavy atom. The number of aryl methyl sites for hydroxylation is 1. The summed E-state index contributed by atoms with van der Waals surface area (Å²) in [7, 11) is 0. The fraction of sp³-hybridized carbons (Fsp3) is 0.200. The highest BCUT2D eigenvalue weighted by Gasteiger charge is 2.11. The molecule has 2 rings (SSSR count). The quantitative estimate of drug-likeness (QED) is 0.741. The van der Waals surface area contributed by atoms with Crippen LogP contribution in [0.2, 0.25) is 0 Å². The highest BCUT2D eigenvalue weighted by Crippen LogP contribution is 2.37. The van der Waals surface area contributed by atoms with Crippen molar-refractivity contribution in [1.29, 1.82) is 0 Å². The lowest BCUT2D eigenvalue weighted by atomic mass is 10.1. The number of rotatable bonds is 1. The van der Waals surface area contributed by atoms with E-state index in [4.69, 9.17) is 0 Å². The SMILES string of the molecule is CCc1c(O)sc2c(F)cccc12. The van der Waals surface area contributed by atoms with Gasteiger partial charge in [-0.1, -0.05) is 30.4 Å². The number of benzene rings is 1.